The van der Waals surface area contributed by atoms with Gasteiger partial charge in [-0.2, -0.15) is 5.26 Å². The number of rotatable bonds is 10. The van der Waals surface area contributed by atoms with Crippen molar-refractivity contribution in [2.24, 2.45) is 0 Å². The molecule has 2 rings (SSSR count). The van der Waals surface area contributed by atoms with E-state index in [9.17, 15) is 4.79 Å². The number of nitrogens with zero attached hydrogens (tertiary/aromatic N) is 1. The summed E-state index contributed by atoms with van der Waals surface area (Å²) in [5.74, 6) is 0.400. The summed E-state index contributed by atoms with van der Waals surface area (Å²) in [6.45, 7) is 0.980. The van der Waals surface area contributed by atoms with Gasteiger partial charge in [0.25, 0.3) is 0 Å². The van der Waals surface area contributed by atoms with E-state index < -0.39 is 12.1 Å². The number of aliphatic carboxylic acids is 1. The summed E-state index contributed by atoms with van der Waals surface area (Å²) in [6.07, 6.45) is 0.156. The van der Waals surface area contributed by atoms with E-state index in [0.717, 1.165) is 5.56 Å². The van der Waals surface area contributed by atoms with Crippen molar-refractivity contribution >= 4 is 5.97 Å². The molecule has 0 heterocycles. The average Bonchev–Trinajstić information content (AvgIpc) is 2.66. The molecule has 2 aromatic carbocycles. The molecule has 0 aliphatic heterocycles. The van der Waals surface area contributed by atoms with Crippen molar-refractivity contribution in [2.45, 2.75) is 18.9 Å². The lowest BCUT2D eigenvalue weighted by Gasteiger charge is -2.11. The fraction of sp³-hybridized carbons (Fsp3) is 0.300. The van der Waals surface area contributed by atoms with Gasteiger partial charge in [-0.25, -0.2) is 4.79 Å². The minimum absolute atomic E-state index is 0.307. The van der Waals surface area contributed by atoms with Gasteiger partial charge in [0.05, 0.1) is 24.8 Å². The highest BCUT2D eigenvalue weighted by molar-refractivity contribution is 5.72. The zero-order valence-electron chi connectivity index (χ0n) is 14.6. The zero-order valence-corrected chi connectivity index (χ0v) is 14.6. The molecule has 6 nitrogen and oxygen atoms in total. The second kappa shape index (κ2) is 10.1. The smallest absolute Gasteiger partial charge is 0.333 e. The number of carboxylic acid groups (broad SMARTS) is 1. The van der Waals surface area contributed by atoms with Crippen LogP contribution >= 0.6 is 0 Å². The van der Waals surface area contributed by atoms with Crippen LogP contribution in [0.1, 0.15) is 17.5 Å². The molecule has 0 saturated carbocycles. The Morgan fingerprint density at radius 3 is 2.42 bits per heavy atom. The molecule has 2 aromatic rings. The van der Waals surface area contributed by atoms with Crippen LogP contribution in [0.2, 0.25) is 0 Å². The molecular formula is C20H21NO5. The van der Waals surface area contributed by atoms with E-state index >= 15 is 0 Å². The third-order valence-electron chi connectivity index (χ3n) is 3.69. The Kier molecular flexibility index (Phi) is 7.47. The summed E-state index contributed by atoms with van der Waals surface area (Å²) < 4.78 is 16.2. The molecule has 1 atom stereocenters. The maximum Gasteiger partial charge on any atom is 0.333 e. The molecule has 0 aliphatic carbocycles. The van der Waals surface area contributed by atoms with Crippen molar-refractivity contribution in [3.8, 4) is 17.6 Å². The first-order valence-electron chi connectivity index (χ1n) is 8.22. The number of nitriles is 1. The van der Waals surface area contributed by atoms with Gasteiger partial charge in [0, 0.05) is 20.0 Å². The van der Waals surface area contributed by atoms with E-state index in [1.165, 1.54) is 7.11 Å². The van der Waals surface area contributed by atoms with E-state index in [-0.39, 0.29) is 0 Å². The number of methoxy groups -OCH3 is 1. The molecule has 0 radical (unpaired) electrons. The predicted octanol–water partition coefficient (Wildman–Crippen LogP) is 3.05. The Hall–Kier alpha value is -3.04. The number of hydrogen-bond acceptors (Lipinski definition) is 5. The first-order chi connectivity index (χ1) is 12.6. The van der Waals surface area contributed by atoms with Crippen molar-refractivity contribution in [2.75, 3.05) is 20.3 Å². The molecular weight excluding hydrogens is 334 g/mol. The minimum Gasteiger partial charge on any atom is -0.493 e. The Morgan fingerprint density at radius 2 is 1.81 bits per heavy atom. The molecule has 0 bridgehead atoms. The molecule has 26 heavy (non-hydrogen) atoms. The maximum absolute atomic E-state index is 11.0. The zero-order chi connectivity index (χ0) is 18.8. The lowest BCUT2D eigenvalue weighted by atomic mass is 10.1. The van der Waals surface area contributed by atoms with Crippen LogP contribution in [0.5, 0.6) is 11.5 Å². The Balaban J connectivity index is 1.71. The van der Waals surface area contributed by atoms with Crippen LogP contribution in [0.4, 0.5) is 0 Å². The monoisotopic (exact) mass is 355 g/mol. The quantitative estimate of drug-likeness (QED) is 0.659. The lowest BCUT2D eigenvalue weighted by molar-refractivity contribution is -0.148. The summed E-state index contributed by atoms with van der Waals surface area (Å²) in [7, 11) is 1.38. The number of ether oxygens (including phenoxy) is 3. The standard InChI is InChI=1S/C20H21NO5/c1-24-19(20(22)23)13-15-6-8-17(9-7-15)25-10-3-11-26-18-5-2-4-16(12-18)14-21/h2,4-9,12,19H,3,10-11,13H2,1H3,(H,22,23). The summed E-state index contributed by atoms with van der Waals surface area (Å²) >= 11 is 0. The van der Waals surface area contributed by atoms with Gasteiger partial charge in [0.1, 0.15) is 11.5 Å². The first kappa shape index (κ1) is 19.3. The number of carboxylic acids is 1. The van der Waals surface area contributed by atoms with Gasteiger partial charge in [-0.05, 0) is 35.9 Å². The molecule has 6 heteroatoms. The molecule has 0 saturated heterocycles. The molecule has 0 aliphatic rings. The van der Waals surface area contributed by atoms with Gasteiger partial charge in [-0.3, -0.25) is 0 Å². The van der Waals surface area contributed by atoms with E-state index in [4.69, 9.17) is 24.6 Å². The van der Waals surface area contributed by atoms with Crippen LogP contribution in [0.25, 0.3) is 0 Å². The van der Waals surface area contributed by atoms with Crippen LogP contribution in [-0.2, 0) is 16.0 Å². The number of carbonyl (C=O) groups is 1. The van der Waals surface area contributed by atoms with Gasteiger partial charge >= 0.3 is 5.97 Å². The highest BCUT2D eigenvalue weighted by Gasteiger charge is 2.16. The molecule has 136 valence electrons. The average molecular weight is 355 g/mol. The van der Waals surface area contributed by atoms with Gasteiger partial charge < -0.3 is 19.3 Å². The van der Waals surface area contributed by atoms with Gasteiger partial charge in [0.2, 0.25) is 0 Å². The Morgan fingerprint density at radius 1 is 1.12 bits per heavy atom. The Labute approximate surface area is 152 Å². The van der Waals surface area contributed by atoms with Crippen LogP contribution < -0.4 is 9.47 Å². The third kappa shape index (κ3) is 6.11. The summed E-state index contributed by atoms with van der Waals surface area (Å²) in [5, 5.41) is 17.8. The second-order valence-electron chi connectivity index (χ2n) is 5.60. The van der Waals surface area contributed by atoms with Crippen molar-refractivity contribution in [1.29, 1.82) is 5.26 Å². The van der Waals surface area contributed by atoms with Crippen LogP contribution in [0.15, 0.2) is 48.5 Å². The third-order valence-corrected chi connectivity index (χ3v) is 3.69. The minimum atomic E-state index is -0.979. The SMILES string of the molecule is COC(Cc1ccc(OCCCOc2cccc(C#N)c2)cc1)C(=O)O. The fourth-order valence-electron chi connectivity index (χ4n) is 2.30. The van der Waals surface area contributed by atoms with Gasteiger partial charge in [0.15, 0.2) is 6.10 Å². The highest BCUT2D eigenvalue weighted by atomic mass is 16.5. The van der Waals surface area contributed by atoms with E-state index in [0.29, 0.717) is 43.1 Å². The normalized spacial score (nSPS) is 11.4. The Bertz CT molecular complexity index is 752. The van der Waals surface area contributed by atoms with E-state index in [1.807, 2.05) is 18.2 Å². The number of hydrogen-bond donors (Lipinski definition) is 1. The van der Waals surface area contributed by atoms with Gasteiger partial charge in [-0.1, -0.05) is 18.2 Å². The van der Waals surface area contributed by atoms with E-state index in [1.54, 1.807) is 30.3 Å². The summed E-state index contributed by atoms with van der Waals surface area (Å²) in [6, 6.07) is 16.4. The predicted molar refractivity (Wildman–Crippen MR) is 95.3 cm³/mol. The first-order valence-corrected chi connectivity index (χ1v) is 8.22. The summed E-state index contributed by atoms with van der Waals surface area (Å²) in [5.41, 5.74) is 1.43. The lowest BCUT2D eigenvalue weighted by Crippen LogP contribution is -2.24. The molecule has 0 aromatic heterocycles. The summed E-state index contributed by atoms with van der Waals surface area (Å²) in [4.78, 5) is 11.0. The molecule has 0 spiro atoms. The van der Waals surface area contributed by atoms with E-state index in [2.05, 4.69) is 6.07 Å². The van der Waals surface area contributed by atoms with Gasteiger partial charge in [-0.15, -0.1) is 0 Å². The van der Waals surface area contributed by atoms with Crippen molar-refractivity contribution in [3.05, 3.63) is 59.7 Å². The van der Waals surface area contributed by atoms with Crippen LogP contribution in [0, 0.1) is 11.3 Å². The topological polar surface area (TPSA) is 88.8 Å². The van der Waals surface area contributed by atoms with Crippen LogP contribution in [0.3, 0.4) is 0 Å². The number of benzene rings is 2. The second-order valence-corrected chi connectivity index (χ2v) is 5.60. The molecule has 0 amide bonds. The molecule has 1 N–H and O–H groups in total. The highest BCUT2D eigenvalue weighted by Crippen LogP contribution is 2.15. The fourth-order valence-corrected chi connectivity index (χ4v) is 2.30. The van der Waals surface area contributed by atoms with Crippen LogP contribution in [-0.4, -0.2) is 37.5 Å². The van der Waals surface area contributed by atoms with Crippen molar-refractivity contribution in [1.82, 2.24) is 0 Å². The van der Waals surface area contributed by atoms with Crippen molar-refractivity contribution < 1.29 is 24.1 Å². The largest absolute Gasteiger partial charge is 0.493 e. The van der Waals surface area contributed by atoms with Crippen molar-refractivity contribution in [3.63, 3.8) is 0 Å². The maximum atomic E-state index is 11.0. The molecule has 1 unspecified atom stereocenters. The molecule has 0 fully saturated rings.